The van der Waals surface area contributed by atoms with E-state index in [1.807, 2.05) is 29.8 Å². The molecule has 4 heteroatoms. The molecule has 2 aromatic rings. The number of pyridine rings is 1. The highest BCUT2D eigenvalue weighted by Crippen LogP contribution is 2.07. The lowest BCUT2D eigenvalue weighted by atomic mass is 10.3. The van der Waals surface area contributed by atoms with Gasteiger partial charge in [-0.25, -0.2) is 0 Å². The van der Waals surface area contributed by atoms with Gasteiger partial charge < -0.3 is 5.73 Å². The van der Waals surface area contributed by atoms with Crippen LogP contribution in [-0.4, -0.2) is 14.8 Å². The highest BCUT2D eigenvalue weighted by atomic mass is 15.3. The monoisotopic (exact) mass is 188 g/mol. The molecule has 0 aromatic carbocycles. The minimum absolute atomic E-state index is 0.566. The number of rotatable bonds is 2. The second-order valence-electron chi connectivity index (χ2n) is 3.22. The number of hydrogen-bond acceptors (Lipinski definition) is 3. The third kappa shape index (κ3) is 1.74. The molecule has 0 spiro atoms. The van der Waals surface area contributed by atoms with Crippen LogP contribution in [0.3, 0.4) is 0 Å². The van der Waals surface area contributed by atoms with Crippen LogP contribution in [-0.2, 0) is 6.54 Å². The normalized spacial score (nSPS) is 10.4. The maximum atomic E-state index is 5.59. The summed E-state index contributed by atoms with van der Waals surface area (Å²) in [6, 6.07) is 5.80. The van der Waals surface area contributed by atoms with E-state index in [1.165, 1.54) is 5.56 Å². The summed E-state index contributed by atoms with van der Waals surface area (Å²) in [4.78, 5) is 3.96. The van der Waals surface area contributed by atoms with Crippen LogP contribution in [0, 0.1) is 6.92 Å². The third-order valence-electron chi connectivity index (χ3n) is 2.08. The number of hydrogen-bond donors (Lipinski definition) is 1. The molecule has 0 aliphatic heterocycles. The summed E-state index contributed by atoms with van der Waals surface area (Å²) in [5.74, 6) is 0.566. The first-order valence-corrected chi connectivity index (χ1v) is 4.44. The Balaban J connectivity index is 2.23. The summed E-state index contributed by atoms with van der Waals surface area (Å²) in [5.41, 5.74) is 7.83. The van der Waals surface area contributed by atoms with E-state index < -0.39 is 0 Å². The lowest BCUT2D eigenvalue weighted by Gasteiger charge is -2.03. The van der Waals surface area contributed by atoms with Gasteiger partial charge in [0, 0.05) is 24.2 Å². The van der Waals surface area contributed by atoms with Crippen LogP contribution in [0.4, 0.5) is 5.82 Å². The molecule has 2 aromatic heterocycles. The summed E-state index contributed by atoms with van der Waals surface area (Å²) in [6.07, 6.45) is 3.55. The van der Waals surface area contributed by atoms with Crippen LogP contribution in [0.15, 0.2) is 30.6 Å². The number of nitrogen functional groups attached to an aromatic ring is 1. The number of aromatic nitrogens is 3. The summed E-state index contributed by atoms with van der Waals surface area (Å²) < 4.78 is 1.88. The van der Waals surface area contributed by atoms with Gasteiger partial charge in [-0.1, -0.05) is 0 Å². The Morgan fingerprint density at radius 2 is 2.07 bits per heavy atom. The lowest BCUT2D eigenvalue weighted by molar-refractivity contribution is 0.667. The van der Waals surface area contributed by atoms with Gasteiger partial charge in [0.25, 0.3) is 0 Å². The molecular formula is C10H12N4. The molecule has 0 fully saturated rings. The van der Waals surface area contributed by atoms with E-state index in [2.05, 4.69) is 10.1 Å². The van der Waals surface area contributed by atoms with Crippen molar-refractivity contribution in [3.63, 3.8) is 0 Å². The van der Waals surface area contributed by atoms with Crippen molar-refractivity contribution in [2.24, 2.45) is 0 Å². The van der Waals surface area contributed by atoms with E-state index >= 15 is 0 Å². The summed E-state index contributed by atoms with van der Waals surface area (Å²) in [6.45, 7) is 2.73. The fourth-order valence-electron chi connectivity index (χ4n) is 1.36. The average molecular weight is 188 g/mol. The van der Waals surface area contributed by atoms with Gasteiger partial charge in [-0.3, -0.25) is 9.67 Å². The Morgan fingerprint density at radius 1 is 1.36 bits per heavy atom. The quantitative estimate of drug-likeness (QED) is 0.770. The maximum absolute atomic E-state index is 5.59. The minimum Gasteiger partial charge on any atom is -0.382 e. The van der Waals surface area contributed by atoms with Gasteiger partial charge in [-0.15, -0.1) is 0 Å². The first-order chi connectivity index (χ1) is 6.75. The molecule has 2 N–H and O–H groups in total. The van der Waals surface area contributed by atoms with Crippen molar-refractivity contribution in [1.82, 2.24) is 14.8 Å². The fourth-order valence-corrected chi connectivity index (χ4v) is 1.36. The van der Waals surface area contributed by atoms with E-state index in [1.54, 1.807) is 12.4 Å². The maximum Gasteiger partial charge on any atom is 0.145 e. The second-order valence-corrected chi connectivity index (χ2v) is 3.22. The molecule has 14 heavy (non-hydrogen) atoms. The number of nitrogens with two attached hydrogens (primary N) is 1. The highest BCUT2D eigenvalue weighted by Gasteiger charge is 2.01. The molecule has 0 aliphatic carbocycles. The second kappa shape index (κ2) is 3.49. The van der Waals surface area contributed by atoms with Gasteiger partial charge in [0.1, 0.15) is 5.82 Å². The lowest BCUT2D eigenvalue weighted by Crippen LogP contribution is -2.04. The standard InChI is InChI=1S/C10H12N4/c1-8-6-10(11)13-14(8)7-9-2-4-12-5-3-9/h2-6H,7H2,1H3,(H2,11,13). The molecule has 72 valence electrons. The summed E-state index contributed by atoms with van der Waals surface area (Å²) >= 11 is 0. The molecule has 0 bridgehead atoms. The van der Waals surface area contributed by atoms with Crippen LogP contribution < -0.4 is 5.73 Å². The predicted molar refractivity (Wildman–Crippen MR) is 54.7 cm³/mol. The molecule has 2 rings (SSSR count). The SMILES string of the molecule is Cc1cc(N)nn1Cc1ccncc1. The van der Waals surface area contributed by atoms with E-state index in [0.717, 1.165) is 12.2 Å². The average Bonchev–Trinajstić information content (AvgIpc) is 2.47. The van der Waals surface area contributed by atoms with Crippen molar-refractivity contribution in [2.45, 2.75) is 13.5 Å². The molecule has 0 unspecified atom stereocenters. The Bertz CT molecular complexity index is 419. The molecule has 0 saturated carbocycles. The van der Waals surface area contributed by atoms with Crippen molar-refractivity contribution in [3.8, 4) is 0 Å². The van der Waals surface area contributed by atoms with Gasteiger partial charge in [0.05, 0.1) is 6.54 Å². The van der Waals surface area contributed by atoms with Gasteiger partial charge in [-0.2, -0.15) is 5.10 Å². The van der Waals surface area contributed by atoms with Gasteiger partial charge >= 0.3 is 0 Å². The largest absolute Gasteiger partial charge is 0.382 e. The van der Waals surface area contributed by atoms with Crippen LogP contribution in [0.1, 0.15) is 11.3 Å². The zero-order valence-corrected chi connectivity index (χ0v) is 8.01. The van der Waals surface area contributed by atoms with E-state index in [4.69, 9.17) is 5.73 Å². The molecule has 4 nitrogen and oxygen atoms in total. The van der Waals surface area contributed by atoms with Gasteiger partial charge in [-0.05, 0) is 24.6 Å². The molecule has 0 atom stereocenters. The number of nitrogens with zero attached hydrogens (tertiary/aromatic N) is 3. The van der Waals surface area contributed by atoms with Crippen molar-refractivity contribution >= 4 is 5.82 Å². The Labute approximate surface area is 82.4 Å². The molecule has 0 saturated heterocycles. The topological polar surface area (TPSA) is 56.7 Å². The molecule has 0 aliphatic rings. The number of anilines is 1. The molecular weight excluding hydrogens is 176 g/mol. The minimum atomic E-state index is 0.566. The Hall–Kier alpha value is -1.84. The molecule has 2 heterocycles. The van der Waals surface area contributed by atoms with Crippen molar-refractivity contribution in [2.75, 3.05) is 5.73 Å². The van der Waals surface area contributed by atoms with Gasteiger partial charge in [0.2, 0.25) is 0 Å². The van der Waals surface area contributed by atoms with Crippen LogP contribution in [0.2, 0.25) is 0 Å². The van der Waals surface area contributed by atoms with E-state index in [-0.39, 0.29) is 0 Å². The van der Waals surface area contributed by atoms with Crippen LogP contribution in [0.5, 0.6) is 0 Å². The fraction of sp³-hybridized carbons (Fsp3) is 0.200. The molecule has 0 amide bonds. The first-order valence-electron chi connectivity index (χ1n) is 4.44. The number of aryl methyl sites for hydroxylation is 1. The van der Waals surface area contributed by atoms with Crippen LogP contribution >= 0.6 is 0 Å². The zero-order valence-electron chi connectivity index (χ0n) is 8.01. The predicted octanol–water partition coefficient (Wildman–Crippen LogP) is 1.22. The van der Waals surface area contributed by atoms with Crippen LogP contribution in [0.25, 0.3) is 0 Å². The highest BCUT2D eigenvalue weighted by molar-refractivity contribution is 5.29. The van der Waals surface area contributed by atoms with Crippen molar-refractivity contribution in [1.29, 1.82) is 0 Å². The Morgan fingerprint density at radius 3 is 2.64 bits per heavy atom. The summed E-state index contributed by atoms with van der Waals surface area (Å²) in [7, 11) is 0. The zero-order chi connectivity index (χ0) is 9.97. The first kappa shape index (κ1) is 8.74. The summed E-state index contributed by atoms with van der Waals surface area (Å²) in [5, 5.41) is 4.18. The Kier molecular flexibility index (Phi) is 2.18. The van der Waals surface area contributed by atoms with Crippen molar-refractivity contribution in [3.05, 3.63) is 41.9 Å². The smallest absolute Gasteiger partial charge is 0.145 e. The van der Waals surface area contributed by atoms with E-state index in [9.17, 15) is 0 Å². The van der Waals surface area contributed by atoms with Crippen molar-refractivity contribution < 1.29 is 0 Å². The van der Waals surface area contributed by atoms with E-state index in [0.29, 0.717) is 5.82 Å². The van der Waals surface area contributed by atoms with Gasteiger partial charge in [0.15, 0.2) is 0 Å². The molecule has 0 radical (unpaired) electrons. The third-order valence-corrected chi connectivity index (χ3v) is 2.08.